The van der Waals surface area contributed by atoms with Gasteiger partial charge in [-0.2, -0.15) is 11.8 Å². The summed E-state index contributed by atoms with van der Waals surface area (Å²) >= 11 is 3.09. The SMILES string of the molecule is CC1CN(C(=O)Nc2sccc2C(=O)O)CC(C)S1. The minimum Gasteiger partial charge on any atom is -0.478 e. The van der Waals surface area contributed by atoms with E-state index in [-0.39, 0.29) is 11.6 Å². The molecule has 2 unspecified atom stereocenters. The second kappa shape index (κ2) is 5.83. The largest absolute Gasteiger partial charge is 0.478 e. The highest BCUT2D eigenvalue weighted by atomic mass is 32.2. The molecule has 0 aliphatic carbocycles. The van der Waals surface area contributed by atoms with Gasteiger partial charge in [0.1, 0.15) is 5.00 Å². The molecular weight excluding hydrogens is 284 g/mol. The fraction of sp³-hybridized carbons (Fsp3) is 0.500. The molecule has 2 rings (SSSR count). The lowest BCUT2D eigenvalue weighted by Crippen LogP contribution is -2.46. The van der Waals surface area contributed by atoms with Crippen LogP contribution in [0.2, 0.25) is 0 Å². The predicted molar refractivity (Wildman–Crippen MR) is 78.4 cm³/mol. The van der Waals surface area contributed by atoms with Crippen molar-refractivity contribution in [2.75, 3.05) is 18.4 Å². The maximum Gasteiger partial charge on any atom is 0.338 e. The van der Waals surface area contributed by atoms with E-state index in [0.717, 1.165) is 0 Å². The summed E-state index contributed by atoms with van der Waals surface area (Å²) in [6, 6.07) is 1.28. The Morgan fingerprint density at radius 1 is 1.37 bits per heavy atom. The zero-order chi connectivity index (χ0) is 14.0. The van der Waals surface area contributed by atoms with E-state index in [1.807, 2.05) is 11.8 Å². The van der Waals surface area contributed by atoms with Crippen LogP contribution >= 0.6 is 23.1 Å². The van der Waals surface area contributed by atoms with Gasteiger partial charge in [0.15, 0.2) is 0 Å². The highest BCUT2D eigenvalue weighted by Gasteiger charge is 2.26. The Balaban J connectivity index is 2.04. The van der Waals surface area contributed by atoms with Gasteiger partial charge in [-0.1, -0.05) is 13.8 Å². The van der Waals surface area contributed by atoms with E-state index in [1.54, 1.807) is 10.3 Å². The number of amides is 2. The molecule has 104 valence electrons. The molecule has 0 radical (unpaired) electrons. The molecule has 1 fully saturated rings. The highest BCUT2D eigenvalue weighted by Crippen LogP contribution is 2.27. The molecule has 2 N–H and O–H groups in total. The molecule has 7 heteroatoms. The van der Waals surface area contributed by atoms with Crippen LogP contribution in [0.1, 0.15) is 24.2 Å². The van der Waals surface area contributed by atoms with Gasteiger partial charge in [-0.3, -0.25) is 5.32 Å². The number of hydrogen-bond acceptors (Lipinski definition) is 4. The average molecular weight is 300 g/mol. The summed E-state index contributed by atoms with van der Waals surface area (Å²) in [5.41, 5.74) is 0.144. The molecule has 0 aromatic carbocycles. The van der Waals surface area contributed by atoms with Crippen molar-refractivity contribution < 1.29 is 14.7 Å². The number of nitrogens with one attached hydrogen (secondary N) is 1. The summed E-state index contributed by atoms with van der Waals surface area (Å²) in [6.07, 6.45) is 0. The smallest absolute Gasteiger partial charge is 0.338 e. The number of nitrogens with zero attached hydrogens (tertiary/aromatic N) is 1. The lowest BCUT2D eigenvalue weighted by molar-refractivity contribution is 0.0698. The predicted octanol–water partition coefficient (Wildman–Crippen LogP) is 2.80. The number of anilines is 1. The van der Waals surface area contributed by atoms with Crippen molar-refractivity contribution in [1.82, 2.24) is 4.90 Å². The van der Waals surface area contributed by atoms with E-state index >= 15 is 0 Å². The topological polar surface area (TPSA) is 69.6 Å². The molecule has 0 saturated carbocycles. The van der Waals surface area contributed by atoms with Gasteiger partial charge >= 0.3 is 12.0 Å². The van der Waals surface area contributed by atoms with E-state index in [0.29, 0.717) is 28.6 Å². The number of rotatable bonds is 2. The van der Waals surface area contributed by atoms with Crippen LogP contribution in [0.5, 0.6) is 0 Å². The molecule has 1 aromatic rings. The molecule has 1 aliphatic rings. The third-order valence-corrected chi connectivity index (χ3v) is 4.88. The number of thiophene rings is 1. The van der Waals surface area contributed by atoms with E-state index in [9.17, 15) is 9.59 Å². The summed E-state index contributed by atoms with van der Waals surface area (Å²) in [5.74, 6) is -1.02. The van der Waals surface area contributed by atoms with Gasteiger partial charge < -0.3 is 10.0 Å². The van der Waals surface area contributed by atoms with Crippen LogP contribution in [0.15, 0.2) is 11.4 Å². The first-order chi connectivity index (χ1) is 8.97. The molecule has 2 amide bonds. The first-order valence-electron chi connectivity index (χ1n) is 5.99. The molecule has 2 atom stereocenters. The van der Waals surface area contributed by atoms with Crippen LogP contribution in [-0.2, 0) is 0 Å². The number of carbonyl (C=O) groups is 2. The van der Waals surface area contributed by atoms with Crippen molar-refractivity contribution in [2.24, 2.45) is 0 Å². The van der Waals surface area contributed by atoms with Crippen molar-refractivity contribution in [2.45, 2.75) is 24.3 Å². The van der Waals surface area contributed by atoms with E-state index < -0.39 is 5.97 Å². The zero-order valence-electron chi connectivity index (χ0n) is 10.8. The Kier molecular flexibility index (Phi) is 4.36. The van der Waals surface area contributed by atoms with Gasteiger partial charge in [0.25, 0.3) is 0 Å². The second-order valence-electron chi connectivity index (χ2n) is 4.56. The zero-order valence-corrected chi connectivity index (χ0v) is 12.4. The Hall–Kier alpha value is -1.21. The monoisotopic (exact) mass is 300 g/mol. The average Bonchev–Trinajstić information content (AvgIpc) is 2.75. The number of thioether (sulfide) groups is 1. The van der Waals surface area contributed by atoms with E-state index in [1.165, 1.54) is 17.4 Å². The van der Waals surface area contributed by atoms with Crippen molar-refractivity contribution in [3.63, 3.8) is 0 Å². The number of hydrogen-bond donors (Lipinski definition) is 2. The van der Waals surface area contributed by atoms with Crippen LogP contribution in [0.4, 0.5) is 9.80 Å². The standard InChI is InChI=1S/C12H16N2O3S2/c1-7-5-14(6-8(2)19-7)12(17)13-10-9(11(15)16)3-4-18-10/h3-4,7-8H,5-6H2,1-2H3,(H,13,17)(H,15,16). The van der Waals surface area contributed by atoms with Crippen LogP contribution in [0, 0.1) is 0 Å². The van der Waals surface area contributed by atoms with E-state index in [2.05, 4.69) is 19.2 Å². The first kappa shape index (κ1) is 14.2. The second-order valence-corrected chi connectivity index (χ2v) is 7.36. The van der Waals surface area contributed by atoms with Gasteiger partial charge in [0.05, 0.1) is 5.56 Å². The number of carboxylic acids is 1. The minimum atomic E-state index is -1.02. The van der Waals surface area contributed by atoms with Crippen molar-refractivity contribution in [1.29, 1.82) is 0 Å². The number of aromatic carboxylic acids is 1. The van der Waals surface area contributed by atoms with Crippen LogP contribution in [0.3, 0.4) is 0 Å². The fourth-order valence-electron chi connectivity index (χ4n) is 2.09. The minimum absolute atomic E-state index is 0.144. The molecule has 2 heterocycles. The fourth-order valence-corrected chi connectivity index (χ4v) is 4.19. The van der Waals surface area contributed by atoms with Crippen molar-refractivity contribution in [3.05, 3.63) is 17.0 Å². The molecule has 1 aromatic heterocycles. The number of urea groups is 1. The number of carbonyl (C=O) groups excluding carboxylic acids is 1. The third kappa shape index (κ3) is 3.42. The van der Waals surface area contributed by atoms with E-state index in [4.69, 9.17) is 5.11 Å². The molecule has 1 saturated heterocycles. The normalized spacial score (nSPS) is 23.2. The molecule has 19 heavy (non-hydrogen) atoms. The maximum atomic E-state index is 12.2. The van der Waals surface area contributed by atoms with Crippen LogP contribution in [0.25, 0.3) is 0 Å². The summed E-state index contributed by atoms with van der Waals surface area (Å²) in [5, 5.41) is 14.6. The molecular formula is C12H16N2O3S2. The Bertz CT molecular complexity index is 479. The lowest BCUT2D eigenvalue weighted by Gasteiger charge is -2.34. The Morgan fingerprint density at radius 2 is 2.00 bits per heavy atom. The third-order valence-electron chi connectivity index (χ3n) is 2.82. The lowest BCUT2D eigenvalue weighted by atomic mass is 10.3. The number of carboxylic acid groups (broad SMARTS) is 1. The maximum absolute atomic E-state index is 12.2. The highest BCUT2D eigenvalue weighted by molar-refractivity contribution is 8.00. The van der Waals surface area contributed by atoms with Gasteiger partial charge in [0, 0.05) is 23.6 Å². The Morgan fingerprint density at radius 3 is 2.58 bits per heavy atom. The first-order valence-corrected chi connectivity index (χ1v) is 7.81. The van der Waals surface area contributed by atoms with Gasteiger partial charge in [0.2, 0.25) is 0 Å². The summed E-state index contributed by atoms with van der Waals surface area (Å²) in [7, 11) is 0. The molecule has 0 bridgehead atoms. The summed E-state index contributed by atoms with van der Waals surface area (Å²) < 4.78 is 0. The summed E-state index contributed by atoms with van der Waals surface area (Å²) in [6.45, 7) is 5.56. The van der Waals surface area contributed by atoms with Crippen LogP contribution in [-0.4, -0.2) is 45.6 Å². The quantitative estimate of drug-likeness (QED) is 0.881. The van der Waals surface area contributed by atoms with Gasteiger partial charge in [-0.15, -0.1) is 11.3 Å². The Labute approximate surface area is 120 Å². The summed E-state index contributed by atoms with van der Waals surface area (Å²) in [4.78, 5) is 24.9. The van der Waals surface area contributed by atoms with Crippen LogP contribution < -0.4 is 5.32 Å². The molecule has 1 aliphatic heterocycles. The molecule has 0 spiro atoms. The van der Waals surface area contributed by atoms with Crippen molar-refractivity contribution >= 4 is 40.1 Å². The van der Waals surface area contributed by atoms with Gasteiger partial charge in [-0.05, 0) is 11.4 Å². The van der Waals surface area contributed by atoms with Crippen molar-refractivity contribution in [3.8, 4) is 0 Å². The molecule has 5 nitrogen and oxygen atoms in total. The van der Waals surface area contributed by atoms with Gasteiger partial charge in [-0.25, -0.2) is 9.59 Å².